The number of aliphatic hydroxyl groups excluding tert-OH is 2. The van der Waals surface area contributed by atoms with Gasteiger partial charge in [0.2, 0.25) is 5.91 Å². The number of rotatable bonds is 49. The van der Waals surface area contributed by atoms with E-state index in [9.17, 15) is 15.0 Å². The van der Waals surface area contributed by atoms with Crippen LogP contribution in [0.15, 0.2) is 60.8 Å². The molecule has 0 aliphatic heterocycles. The number of aliphatic hydroxyl groups is 2. The maximum absolute atomic E-state index is 12.4. The van der Waals surface area contributed by atoms with Crippen LogP contribution in [0.5, 0.6) is 0 Å². The smallest absolute Gasteiger partial charge is 0.220 e. The highest BCUT2D eigenvalue weighted by Crippen LogP contribution is 2.17. The zero-order chi connectivity index (χ0) is 44.2. The van der Waals surface area contributed by atoms with E-state index in [1.54, 1.807) is 6.08 Å². The Morgan fingerprint density at radius 3 is 1.08 bits per heavy atom. The maximum atomic E-state index is 12.4. The SMILES string of the molecule is CC/C=C\C/C=C\C/C=C\C/C=C\CCCCCCCCCCCCCCCCCCCCCCCCCCCCC(=O)NC(CO)C(O)/C=C/CCCCCCCCCC. The fraction of sp³-hybridized carbons (Fsp3) is 0.807. The lowest BCUT2D eigenvalue weighted by Crippen LogP contribution is -2.45. The normalized spacial score (nSPS) is 13.3. The summed E-state index contributed by atoms with van der Waals surface area (Å²) in [5, 5.41) is 23.0. The summed E-state index contributed by atoms with van der Waals surface area (Å²) in [7, 11) is 0. The third kappa shape index (κ3) is 49.0. The van der Waals surface area contributed by atoms with E-state index >= 15 is 0 Å². The minimum atomic E-state index is -0.836. The summed E-state index contributed by atoms with van der Waals surface area (Å²) >= 11 is 0. The molecule has 4 heteroatoms. The number of hydrogen-bond acceptors (Lipinski definition) is 3. The molecular formula is C57H105NO3. The standard InChI is InChI=1S/C57H105NO3/c1-3-5-7-9-11-13-15-16-17-18-19-20-21-22-23-24-25-26-27-28-29-30-31-32-33-34-35-36-37-38-39-40-41-42-43-45-47-49-51-53-57(61)58-55(54-59)56(60)52-50-48-46-44-14-12-10-8-6-4-2/h5,7,11,13,16-17,19-20,50,52,55-56,59-60H,3-4,6,8-10,12,14-15,18,21-49,51,53-54H2,1-2H3,(H,58,61)/b7-5-,13-11-,17-16-,20-19-,52-50+. The third-order valence-electron chi connectivity index (χ3n) is 12.3. The lowest BCUT2D eigenvalue weighted by atomic mass is 10.0. The molecule has 0 aromatic rings. The summed E-state index contributed by atoms with van der Waals surface area (Å²) in [6.07, 6.45) is 74.0. The molecule has 0 aliphatic rings. The molecule has 1 amide bonds. The number of unbranched alkanes of at least 4 members (excludes halogenated alkanes) is 34. The topological polar surface area (TPSA) is 69.6 Å². The molecule has 0 bridgehead atoms. The van der Waals surface area contributed by atoms with Crippen molar-refractivity contribution in [2.75, 3.05) is 6.61 Å². The molecule has 0 spiro atoms. The van der Waals surface area contributed by atoms with E-state index in [1.165, 1.54) is 205 Å². The van der Waals surface area contributed by atoms with Crippen molar-refractivity contribution in [1.29, 1.82) is 0 Å². The lowest BCUT2D eigenvalue weighted by molar-refractivity contribution is -0.123. The van der Waals surface area contributed by atoms with Gasteiger partial charge in [-0.3, -0.25) is 4.79 Å². The van der Waals surface area contributed by atoms with Gasteiger partial charge >= 0.3 is 0 Å². The largest absolute Gasteiger partial charge is 0.394 e. The first-order chi connectivity index (χ1) is 30.2. The first-order valence-corrected chi connectivity index (χ1v) is 27.0. The Balaban J connectivity index is 3.37. The van der Waals surface area contributed by atoms with Crippen molar-refractivity contribution >= 4 is 5.91 Å². The second-order valence-electron chi connectivity index (χ2n) is 18.3. The monoisotopic (exact) mass is 852 g/mol. The fourth-order valence-corrected chi connectivity index (χ4v) is 8.17. The van der Waals surface area contributed by atoms with Crippen molar-refractivity contribution < 1.29 is 15.0 Å². The first-order valence-electron chi connectivity index (χ1n) is 27.0. The van der Waals surface area contributed by atoms with Crippen LogP contribution in [0.4, 0.5) is 0 Å². The number of nitrogens with one attached hydrogen (secondary N) is 1. The minimum Gasteiger partial charge on any atom is -0.394 e. The van der Waals surface area contributed by atoms with E-state index in [1.807, 2.05) is 6.08 Å². The van der Waals surface area contributed by atoms with E-state index < -0.39 is 12.1 Å². The van der Waals surface area contributed by atoms with E-state index in [-0.39, 0.29) is 12.5 Å². The zero-order valence-corrected chi connectivity index (χ0v) is 40.9. The summed E-state index contributed by atoms with van der Waals surface area (Å²) in [4.78, 5) is 12.4. The number of hydrogen-bond donors (Lipinski definition) is 3. The van der Waals surface area contributed by atoms with Gasteiger partial charge in [0.1, 0.15) is 0 Å². The highest BCUT2D eigenvalue weighted by atomic mass is 16.3. The lowest BCUT2D eigenvalue weighted by Gasteiger charge is -2.20. The molecule has 61 heavy (non-hydrogen) atoms. The summed E-state index contributed by atoms with van der Waals surface area (Å²) < 4.78 is 0. The molecule has 0 aromatic carbocycles. The summed E-state index contributed by atoms with van der Waals surface area (Å²) in [6.45, 7) is 4.18. The van der Waals surface area contributed by atoms with Gasteiger partial charge in [0.25, 0.3) is 0 Å². The molecule has 0 aliphatic carbocycles. The Morgan fingerprint density at radius 1 is 0.410 bits per heavy atom. The predicted octanol–water partition coefficient (Wildman–Crippen LogP) is 17.6. The molecule has 2 unspecified atom stereocenters. The van der Waals surface area contributed by atoms with Gasteiger partial charge in [-0.2, -0.15) is 0 Å². The zero-order valence-electron chi connectivity index (χ0n) is 40.9. The number of amides is 1. The van der Waals surface area contributed by atoms with Crippen molar-refractivity contribution in [2.45, 2.75) is 289 Å². The minimum absolute atomic E-state index is 0.0625. The number of carbonyl (C=O) groups is 1. The van der Waals surface area contributed by atoms with Crippen molar-refractivity contribution in [2.24, 2.45) is 0 Å². The Morgan fingerprint density at radius 2 is 0.721 bits per heavy atom. The molecule has 0 radical (unpaired) electrons. The van der Waals surface area contributed by atoms with Crippen LogP contribution >= 0.6 is 0 Å². The number of allylic oxidation sites excluding steroid dienone is 9. The second kappa shape index (κ2) is 52.4. The molecule has 0 fully saturated rings. The molecule has 356 valence electrons. The fourth-order valence-electron chi connectivity index (χ4n) is 8.17. The summed E-state index contributed by atoms with van der Waals surface area (Å²) in [5.41, 5.74) is 0. The average Bonchev–Trinajstić information content (AvgIpc) is 3.26. The van der Waals surface area contributed by atoms with Gasteiger partial charge < -0.3 is 15.5 Å². The molecule has 2 atom stereocenters. The van der Waals surface area contributed by atoms with E-state index in [0.717, 1.165) is 51.4 Å². The van der Waals surface area contributed by atoms with Gasteiger partial charge in [0.05, 0.1) is 18.8 Å². The Hall–Kier alpha value is -1.91. The first kappa shape index (κ1) is 59.1. The van der Waals surface area contributed by atoms with Crippen molar-refractivity contribution in [3.05, 3.63) is 60.8 Å². The molecule has 0 heterocycles. The van der Waals surface area contributed by atoms with Gasteiger partial charge in [0.15, 0.2) is 0 Å². The molecule has 0 saturated carbocycles. The predicted molar refractivity (Wildman–Crippen MR) is 271 cm³/mol. The van der Waals surface area contributed by atoms with Crippen LogP contribution in [0, 0.1) is 0 Å². The maximum Gasteiger partial charge on any atom is 0.220 e. The quantitative estimate of drug-likeness (QED) is 0.0422. The van der Waals surface area contributed by atoms with E-state index in [4.69, 9.17) is 0 Å². The van der Waals surface area contributed by atoms with Crippen molar-refractivity contribution in [3.8, 4) is 0 Å². The van der Waals surface area contributed by atoms with E-state index in [0.29, 0.717) is 6.42 Å². The van der Waals surface area contributed by atoms with Crippen LogP contribution in [0.25, 0.3) is 0 Å². The van der Waals surface area contributed by atoms with Gasteiger partial charge in [-0.15, -0.1) is 0 Å². The average molecular weight is 852 g/mol. The van der Waals surface area contributed by atoms with Crippen LogP contribution in [0.1, 0.15) is 277 Å². The summed E-state index contributed by atoms with van der Waals surface area (Å²) in [6, 6.07) is -0.619. The van der Waals surface area contributed by atoms with Crippen LogP contribution < -0.4 is 5.32 Å². The molecule has 3 N–H and O–H groups in total. The molecule has 4 nitrogen and oxygen atoms in total. The Labute approximate surface area is 381 Å². The van der Waals surface area contributed by atoms with Crippen LogP contribution in [-0.4, -0.2) is 34.9 Å². The third-order valence-corrected chi connectivity index (χ3v) is 12.3. The van der Waals surface area contributed by atoms with Crippen molar-refractivity contribution in [1.82, 2.24) is 5.32 Å². The van der Waals surface area contributed by atoms with Gasteiger partial charge in [0, 0.05) is 6.42 Å². The van der Waals surface area contributed by atoms with Crippen LogP contribution in [-0.2, 0) is 4.79 Å². The second-order valence-corrected chi connectivity index (χ2v) is 18.3. The molecule has 0 aromatic heterocycles. The number of carbonyl (C=O) groups excluding carboxylic acids is 1. The Bertz CT molecular complexity index is 1010. The van der Waals surface area contributed by atoms with Gasteiger partial charge in [-0.1, -0.05) is 274 Å². The molecule has 0 saturated heterocycles. The van der Waals surface area contributed by atoms with Gasteiger partial charge in [-0.25, -0.2) is 0 Å². The Kier molecular flexibility index (Phi) is 50.8. The summed E-state index contributed by atoms with van der Waals surface area (Å²) in [5.74, 6) is -0.0625. The van der Waals surface area contributed by atoms with Gasteiger partial charge in [-0.05, 0) is 57.8 Å². The highest BCUT2D eigenvalue weighted by molar-refractivity contribution is 5.76. The molecule has 0 rings (SSSR count). The van der Waals surface area contributed by atoms with Crippen LogP contribution in [0.3, 0.4) is 0 Å². The highest BCUT2D eigenvalue weighted by Gasteiger charge is 2.18. The van der Waals surface area contributed by atoms with Crippen LogP contribution in [0.2, 0.25) is 0 Å². The molecular weight excluding hydrogens is 747 g/mol. The van der Waals surface area contributed by atoms with Crippen molar-refractivity contribution in [3.63, 3.8) is 0 Å². The van der Waals surface area contributed by atoms with E-state index in [2.05, 4.69) is 67.8 Å².